The van der Waals surface area contributed by atoms with E-state index in [0.29, 0.717) is 0 Å². The lowest BCUT2D eigenvalue weighted by molar-refractivity contribution is -0.695. The van der Waals surface area contributed by atoms with E-state index in [1.165, 1.54) is 18.4 Å². The molecule has 0 aromatic carbocycles. The lowest BCUT2D eigenvalue weighted by atomic mass is 10.3. The normalized spacial score (nSPS) is 10.2. The standard InChI is InChI=1S/C10H15ClN/c1-3-4-7-12-8-9(2)5-6-10(12)11/h5-6,8H,3-4,7H2,1-2H3/q+1. The zero-order chi connectivity index (χ0) is 8.97. The summed E-state index contributed by atoms with van der Waals surface area (Å²) < 4.78 is 2.10. The average Bonchev–Trinajstić information content (AvgIpc) is 2.07. The second kappa shape index (κ2) is 4.46. The van der Waals surface area contributed by atoms with Gasteiger partial charge in [-0.1, -0.05) is 13.3 Å². The van der Waals surface area contributed by atoms with Crippen LogP contribution in [0.15, 0.2) is 18.3 Å². The van der Waals surface area contributed by atoms with Crippen molar-refractivity contribution in [3.8, 4) is 0 Å². The molecule has 0 amide bonds. The molecule has 2 heteroatoms. The highest BCUT2D eigenvalue weighted by molar-refractivity contribution is 6.28. The number of hydrogen-bond donors (Lipinski definition) is 0. The summed E-state index contributed by atoms with van der Waals surface area (Å²) in [7, 11) is 0. The molecule has 0 bridgehead atoms. The van der Waals surface area contributed by atoms with Gasteiger partial charge in [-0.15, -0.1) is 0 Å². The highest BCUT2D eigenvalue weighted by Gasteiger charge is 2.06. The van der Waals surface area contributed by atoms with Gasteiger partial charge in [0, 0.05) is 18.1 Å². The minimum Gasteiger partial charge on any atom is -0.188 e. The van der Waals surface area contributed by atoms with Gasteiger partial charge in [-0.25, -0.2) is 0 Å². The summed E-state index contributed by atoms with van der Waals surface area (Å²) in [6.07, 6.45) is 4.49. The summed E-state index contributed by atoms with van der Waals surface area (Å²) in [6.45, 7) is 5.29. The Balaban J connectivity index is 2.75. The maximum absolute atomic E-state index is 5.99. The molecule has 0 aliphatic rings. The monoisotopic (exact) mass is 184 g/mol. The van der Waals surface area contributed by atoms with Gasteiger partial charge in [0.05, 0.1) is 0 Å². The predicted molar refractivity (Wildman–Crippen MR) is 51.3 cm³/mol. The molecule has 0 atom stereocenters. The topological polar surface area (TPSA) is 3.88 Å². The van der Waals surface area contributed by atoms with Crippen LogP contribution in [0.2, 0.25) is 5.15 Å². The van der Waals surface area contributed by atoms with Gasteiger partial charge in [-0.3, -0.25) is 0 Å². The van der Waals surface area contributed by atoms with Crippen molar-refractivity contribution in [2.45, 2.75) is 33.2 Å². The molecule has 0 radical (unpaired) electrons. The smallest absolute Gasteiger partial charge is 0.188 e. The van der Waals surface area contributed by atoms with Gasteiger partial charge < -0.3 is 0 Å². The molecule has 1 nitrogen and oxygen atoms in total. The van der Waals surface area contributed by atoms with Crippen LogP contribution in [0, 0.1) is 6.92 Å². The zero-order valence-corrected chi connectivity index (χ0v) is 8.43. The molecular formula is C10H15ClN+. The van der Waals surface area contributed by atoms with Crippen molar-refractivity contribution in [3.63, 3.8) is 0 Å². The molecule has 0 saturated heterocycles. The molecule has 1 heterocycles. The summed E-state index contributed by atoms with van der Waals surface area (Å²) >= 11 is 5.99. The third-order valence-corrected chi connectivity index (χ3v) is 2.21. The Morgan fingerprint density at radius 3 is 2.83 bits per heavy atom. The Morgan fingerprint density at radius 2 is 2.17 bits per heavy atom. The van der Waals surface area contributed by atoms with E-state index in [4.69, 9.17) is 11.6 Å². The van der Waals surface area contributed by atoms with E-state index in [1.807, 2.05) is 12.1 Å². The number of unbranched alkanes of at least 4 members (excludes halogenated alkanes) is 1. The molecule has 0 aliphatic heterocycles. The summed E-state index contributed by atoms with van der Waals surface area (Å²) in [4.78, 5) is 0. The fourth-order valence-corrected chi connectivity index (χ4v) is 1.34. The van der Waals surface area contributed by atoms with E-state index in [2.05, 4.69) is 24.6 Å². The third-order valence-electron chi connectivity index (χ3n) is 1.87. The number of pyridine rings is 1. The summed E-state index contributed by atoms with van der Waals surface area (Å²) in [6, 6.07) is 3.98. The van der Waals surface area contributed by atoms with E-state index in [-0.39, 0.29) is 0 Å². The Kier molecular flexibility index (Phi) is 3.54. The maximum atomic E-state index is 5.99. The summed E-state index contributed by atoms with van der Waals surface area (Å²) in [5.74, 6) is 0. The fourth-order valence-electron chi connectivity index (χ4n) is 1.15. The van der Waals surface area contributed by atoms with Gasteiger partial charge in [-0.05, 0) is 24.6 Å². The first-order valence-corrected chi connectivity index (χ1v) is 4.77. The Bertz CT molecular complexity index is 258. The van der Waals surface area contributed by atoms with Crippen LogP contribution in [0.25, 0.3) is 0 Å². The van der Waals surface area contributed by atoms with Crippen molar-refractivity contribution < 1.29 is 4.57 Å². The van der Waals surface area contributed by atoms with Gasteiger partial charge >= 0.3 is 0 Å². The van der Waals surface area contributed by atoms with E-state index in [0.717, 1.165) is 11.7 Å². The van der Waals surface area contributed by atoms with Crippen molar-refractivity contribution in [1.29, 1.82) is 0 Å². The molecule has 0 aliphatic carbocycles. The number of rotatable bonds is 3. The van der Waals surface area contributed by atoms with Crippen LogP contribution in [0.4, 0.5) is 0 Å². The van der Waals surface area contributed by atoms with Gasteiger partial charge in [0.15, 0.2) is 6.20 Å². The largest absolute Gasteiger partial charge is 0.274 e. The number of aryl methyl sites for hydroxylation is 2. The van der Waals surface area contributed by atoms with Crippen molar-refractivity contribution in [2.75, 3.05) is 0 Å². The molecule has 1 rings (SSSR count). The number of nitrogens with zero attached hydrogens (tertiary/aromatic N) is 1. The molecule has 1 aromatic rings. The van der Waals surface area contributed by atoms with Gasteiger partial charge in [0.25, 0.3) is 5.15 Å². The van der Waals surface area contributed by atoms with Crippen molar-refractivity contribution >= 4 is 11.6 Å². The average molecular weight is 185 g/mol. The lowest BCUT2D eigenvalue weighted by Crippen LogP contribution is -2.34. The van der Waals surface area contributed by atoms with Crippen molar-refractivity contribution in [1.82, 2.24) is 0 Å². The highest BCUT2D eigenvalue weighted by Crippen LogP contribution is 2.03. The first kappa shape index (κ1) is 9.53. The van der Waals surface area contributed by atoms with E-state index < -0.39 is 0 Å². The number of halogens is 1. The number of aromatic nitrogens is 1. The van der Waals surface area contributed by atoms with Gasteiger partial charge in [0.1, 0.15) is 6.54 Å². The molecule has 0 saturated carbocycles. The van der Waals surface area contributed by atoms with E-state index in [1.54, 1.807) is 0 Å². The minimum atomic E-state index is 0.828. The molecule has 66 valence electrons. The molecule has 0 N–H and O–H groups in total. The van der Waals surface area contributed by atoms with Crippen LogP contribution in [0.1, 0.15) is 25.3 Å². The molecule has 0 unspecified atom stereocenters. The predicted octanol–water partition coefficient (Wildman–Crippen LogP) is 2.74. The first-order valence-electron chi connectivity index (χ1n) is 4.39. The Hall–Kier alpha value is -0.560. The number of hydrogen-bond acceptors (Lipinski definition) is 0. The Morgan fingerprint density at radius 1 is 1.42 bits per heavy atom. The molecular weight excluding hydrogens is 170 g/mol. The van der Waals surface area contributed by atoms with Crippen LogP contribution in [-0.2, 0) is 6.54 Å². The summed E-state index contributed by atoms with van der Waals surface area (Å²) in [5, 5.41) is 0.828. The second-order valence-corrected chi connectivity index (χ2v) is 3.46. The summed E-state index contributed by atoms with van der Waals surface area (Å²) in [5.41, 5.74) is 1.26. The SMILES string of the molecule is CCCC[n+]1cc(C)ccc1Cl. The Labute approximate surface area is 79.0 Å². The van der Waals surface area contributed by atoms with E-state index in [9.17, 15) is 0 Å². The van der Waals surface area contributed by atoms with Crippen LogP contribution < -0.4 is 4.57 Å². The first-order chi connectivity index (χ1) is 5.74. The second-order valence-electron chi connectivity index (χ2n) is 3.08. The quantitative estimate of drug-likeness (QED) is 0.503. The minimum absolute atomic E-state index is 0.828. The molecule has 1 aromatic heterocycles. The molecule has 0 spiro atoms. The molecule has 12 heavy (non-hydrogen) atoms. The van der Waals surface area contributed by atoms with Crippen molar-refractivity contribution in [2.24, 2.45) is 0 Å². The maximum Gasteiger partial charge on any atom is 0.274 e. The highest BCUT2D eigenvalue weighted by atomic mass is 35.5. The molecule has 0 fully saturated rings. The third kappa shape index (κ3) is 2.49. The fraction of sp³-hybridized carbons (Fsp3) is 0.500. The zero-order valence-electron chi connectivity index (χ0n) is 7.68. The van der Waals surface area contributed by atoms with Crippen LogP contribution in [-0.4, -0.2) is 0 Å². The van der Waals surface area contributed by atoms with Gasteiger partial charge in [0.2, 0.25) is 0 Å². The van der Waals surface area contributed by atoms with Crippen LogP contribution >= 0.6 is 11.6 Å². The van der Waals surface area contributed by atoms with Crippen molar-refractivity contribution in [3.05, 3.63) is 29.0 Å². The lowest BCUT2D eigenvalue weighted by Gasteiger charge is -1.98. The van der Waals surface area contributed by atoms with Crippen LogP contribution in [0.3, 0.4) is 0 Å². The van der Waals surface area contributed by atoms with E-state index >= 15 is 0 Å². The van der Waals surface area contributed by atoms with Gasteiger partial charge in [-0.2, -0.15) is 4.57 Å². The van der Waals surface area contributed by atoms with Crippen LogP contribution in [0.5, 0.6) is 0 Å².